The number of alkyl halides is 3. The lowest BCUT2D eigenvalue weighted by Crippen LogP contribution is -2.35. The van der Waals surface area contributed by atoms with Crippen molar-refractivity contribution in [3.8, 4) is 0 Å². The average Bonchev–Trinajstić information content (AvgIpc) is 2.93. The van der Waals surface area contributed by atoms with Gasteiger partial charge >= 0.3 is 6.18 Å². The first kappa shape index (κ1) is 19.7. The molecule has 2 heterocycles. The Morgan fingerprint density at radius 3 is 2.69 bits per heavy atom. The maximum absolute atomic E-state index is 13.5. The van der Waals surface area contributed by atoms with Gasteiger partial charge in [-0.1, -0.05) is 30.8 Å². The van der Waals surface area contributed by atoms with Gasteiger partial charge in [0.05, 0.1) is 23.7 Å². The normalized spacial score (nSPS) is 18.9. The summed E-state index contributed by atoms with van der Waals surface area (Å²) < 4.78 is 40.4. The summed E-state index contributed by atoms with van der Waals surface area (Å²) in [5.74, 6) is 0. The van der Waals surface area contributed by atoms with Crippen molar-refractivity contribution in [2.24, 2.45) is 5.10 Å². The van der Waals surface area contributed by atoms with Crippen molar-refractivity contribution in [1.82, 2.24) is 15.6 Å². The fourth-order valence-corrected chi connectivity index (χ4v) is 3.11. The van der Waals surface area contributed by atoms with Gasteiger partial charge in [0, 0.05) is 13.1 Å². The minimum atomic E-state index is -4.50. The monoisotopic (exact) mass is 366 g/mol. The predicted octanol–water partition coefficient (Wildman–Crippen LogP) is 2.89. The molecule has 2 aliphatic rings. The molecule has 0 aromatic heterocycles. The molecule has 0 spiro atoms. The lowest BCUT2D eigenvalue weighted by atomic mass is 10.0. The molecule has 26 heavy (non-hydrogen) atoms. The van der Waals surface area contributed by atoms with Crippen molar-refractivity contribution in [2.45, 2.75) is 25.7 Å². The summed E-state index contributed by atoms with van der Waals surface area (Å²) >= 11 is 0. The fraction of sp³-hybridized carbons (Fsp3) is 0.333. The molecule has 1 atom stereocenters. The first-order valence-electron chi connectivity index (χ1n) is 8.03. The molecule has 3 rings (SSSR count). The number of benzene rings is 1. The van der Waals surface area contributed by atoms with Crippen LogP contribution in [0, 0.1) is 0 Å². The summed E-state index contributed by atoms with van der Waals surface area (Å²) in [5.41, 5.74) is 3.44. The number of aldehydes is 1. The van der Waals surface area contributed by atoms with Crippen LogP contribution in [0.15, 0.2) is 52.9 Å². The number of hydrogen-bond acceptors (Lipinski definition) is 5. The molecule has 0 saturated heterocycles. The zero-order valence-electron chi connectivity index (χ0n) is 14.6. The minimum absolute atomic E-state index is 0.0534. The van der Waals surface area contributed by atoms with Gasteiger partial charge in [-0.15, -0.1) is 0 Å². The van der Waals surface area contributed by atoms with Gasteiger partial charge in [-0.2, -0.15) is 18.3 Å². The highest BCUT2D eigenvalue weighted by atomic mass is 19.4. The quantitative estimate of drug-likeness (QED) is 0.808. The standard InChI is InChI=1S/C16H17F3N4.C2H4O/c1-10-15(16(17,18)19)14(8-21-22-10)23-9-11-5-3-4-6-12(11)13(23)7-20-2;1-2-3/h3-6,8,13,20,22H,1,7,9H2,2H3;2H,1H3. The first-order valence-corrected chi connectivity index (χ1v) is 8.03. The number of hydrazone groups is 1. The number of carbonyl (C=O) groups is 1. The van der Waals surface area contributed by atoms with Crippen molar-refractivity contribution in [3.63, 3.8) is 0 Å². The molecule has 1 aromatic carbocycles. The van der Waals surface area contributed by atoms with Crippen molar-refractivity contribution < 1.29 is 18.0 Å². The minimum Gasteiger partial charge on any atom is -0.357 e. The average molecular weight is 366 g/mol. The maximum Gasteiger partial charge on any atom is 0.420 e. The molecule has 2 N–H and O–H groups in total. The number of hydrogen-bond donors (Lipinski definition) is 2. The molecule has 1 aromatic rings. The second-order valence-electron chi connectivity index (χ2n) is 5.74. The Morgan fingerprint density at radius 2 is 2.08 bits per heavy atom. The summed E-state index contributed by atoms with van der Waals surface area (Å²) in [5, 5.41) is 6.87. The van der Waals surface area contributed by atoms with E-state index in [0.717, 1.165) is 17.4 Å². The summed E-state index contributed by atoms with van der Waals surface area (Å²) in [7, 11) is 1.79. The Bertz CT molecular complexity index is 740. The van der Waals surface area contributed by atoms with Crippen LogP contribution < -0.4 is 10.7 Å². The number of halogens is 3. The van der Waals surface area contributed by atoms with Crippen LogP contribution in [-0.4, -0.2) is 37.2 Å². The molecule has 0 amide bonds. The fourth-order valence-electron chi connectivity index (χ4n) is 3.11. The highest BCUT2D eigenvalue weighted by molar-refractivity contribution is 5.82. The van der Waals surface area contributed by atoms with E-state index in [1.54, 1.807) is 11.9 Å². The van der Waals surface area contributed by atoms with E-state index >= 15 is 0 Å². The van der Waals surface area contributed by atoms with Crippen LogP contribution in [0.4, 0.5) is 13.2 Å². The van der Waals surface area contributed by atoms with Crippen LogP contribution in [0.25, 0.3) is 0 Å². The molecule has 2 aliphatic heterocycles. The highest BCUT2D eigenvalue weighted by Crippen LogP contribution is 2.41. The van der Waals surface area contributed by atoms with E-state index < -0.39 is 11.7 Å². The number of nitrogens with zero attached hydrogens (tertiary/aromatic N) is 2. The zero-order valence-corrected chi connectivity index (χ0v) is 14.6. The molecule has 0 radical (unpaired) electrons. The van der Waals surface area contributed by atoms with Gasteiger partial charge in [0.2, 0.25) is 0 Å². The summed E-state index contributed by atoms with van der Waals surface area (Å²) in [6.45, 7) is 5.86. The molecule has 140 valence electrons. The topological polar surface area (TPSA) is 56.7 Å². The Balaban J connectivity index is 0.000000758. The van der Waals surface area contributed by atoms with E-state index in [1.807, 2.05) is 24.3 Å². The van der Waals surface area contributed by atoms with E-state index in [-0.39, 0.29) is 17.4 Å². The van der Waals surface area contributed by atoms with Crippen molar-refractivity contribution >= 4 is 12.5 Å². The summed E-state index contributed by atoms with van der Waals surface area (Å²) in [6.07, 6.45) is -2.52. The third-order valence-corrected chi connectivity index (χ3v) is 4.07. The van der Waals surface area contributed by atoms with E-state index in [4.69, 9.17) is 4.79 Å². The van der Waals surface area contributed by atoms with E-state index in [2.05, 4.69) is 22.4 Å². The molecule has 0 fully saturated rings. The Labute approximate surface area is 150 Å². The van der Waals surface area contributed by atoms with Crippen molar-refractivity contribution in [1.29, 1.82) is 0 Å². The van der Waals surface area contributed by atoms with E-state index in [1.165, 1.54) is 13.1 Å². The van der Waals surface area contributed by atoms with Gasteiger partial charge in [0.1, 0.15) is 11.9 Å². The number of rotatable bonds is 3. The molecule has 0 saturated carbocycles. The summed E-state index contributed by atoms with van der Waals surface area (Å²) in [6, 6.07) is 7.52. The van der Waals surface area contributed by atoms with Crippen molar-refractivity contribution in [3.05, 3.63) is 58.9 Å². The third-order valence-electron chi connectivity index (χ3n) is 4.07. The Kier molecular flexibility index (Phi) is 6.20. The van der Waals surface area contributed by atoms with Gasteiger partial charge in [0.15, 0.2) is 0 Å². The molecule has 5 nitrogen and oxygen atoms in total. The predicted molar refractivity (Wildman–Crippen MR) is 94.2 cm³/mol. The third kappa shape index (κ3) is 3.96. The number of allylic oxidation sites excluding steroid dienone is 2. The van der Waals surface area contributed by atoms with Crippen LogP contribution >= 0.6 is 0 Å². The summed E-state index contributed by atoms with van der Waals surface area (Å²) in [4.78, 5) is 10.5. The molecule has 8 heteroatoms. The van der Waals surface area contributed by atoms with Crippen molar-refractivity contribution in [2.75, 3.05) is 13.6 Å². The number of likely N-dealkylation sites (N-methyl/N-ethyl adjacent to an activating group) is 1. The Hall–Kier alpha value is -2.61. The SMILES string of the molecule is C=C1NN=CC(N2Cc3ccccc3C2CNC)=C1C(F)(F)F.CC=O. The van der Waals surface area contributed by atoms with Gasteiger partial charge in [-0.05, 0) is 25.1 Å². The van der Waals surface area contributed by atoms with Gasteiger partial charge in [-0.25, -0.2) is 0 Å². The zero-order chi connectivity index (χ0) is 19.3. The number of carbonyl (C=O) groups excluding carboxylic acids is 1. The lowest BCUT2D eigenvalue weighted by Gasteiger charge is -2.32. The molecule has 0 bridgehead atoms. The smallest absolute Gasteiger partial charge is 0.357 e. The van der Waals surface area contributed by atoms with Crippen LogP contribution in [0.3, 0.4) is 0 Å². The van der Waals surface area contributed by atoms with Crippen LogP contribution in [0.2, 0.25) is 0 Å². The van der Waals surface area contributed by atoms with Gasteiger partial charge in [-0.3, -0.25) is 5.43 Å². The lowest BCUT2D eigenvalue weighted by molar-refractivity contribution is -0.106. The number of fused-ring (bicyclic) bond motifs is 1. The molecular formula is C18H21F3N4O. The van der Waals surface area contributed by atoms with E-state index in [9.17, 15) is 13.2 Å². The first-order chi connectivity index (χ1) is 12.3. The van der Waals surface area contributed by atoms with Crippen LogP contribution in [0.1, 0.15) is 24.1 Å². The van der Waals surface area contributed by atoms with Gasteiger partial charge in [0.25, 0.3) is 0 Å². The number of nitrogens with one attached hydrogen (secondary N) is 2. The Morgan fingerprint density at radius 1 is 1.42 bits per heavy atom. The van der Waals surface area contributed by atoms with Crippen LogP contribution in [-0.2, 0) is 11.3 Å². The van der Waals surface area contributed by atoms with Crippen LogP contribution in [0.5, 0.6) is 0 Å². The second-order valence-corrected chi connectivity index (χ2v) is 5.74. The molecule has 1 unspecified atom stereocenters. The van der Waals surface area contributed by atoms with E-state index in [0.29, 0.717) is 13.1 Å². The highest BCUT2D eigenvalue weighted by Gasteiger charge is 2.43. The largest absolute Gasteiger partial charge is 0.420 e. The van der Waals surface area contributed by atoms with Gasteiger partial charge < -0.3 is 15.0 Å². The molecular weight excluding hydrogens is 345 g/mol. The molecule has 0 aliphatic carbocycles. The maximum atomic E-state index is 13.5. The second kappa shape index (κ2) is 8.18.